The Bertz CT molecular complexity index is 758. The third-order valence-corrected chi connectivity index (χ3v) is 4.16. The van der Waals surface area contributed by atoms with Gasteiger partial charge in [0.1, 0.15) is 12.4 Å². The monoisotopic (exact) mass is 389 g/mol. The molecule has 24 heavy (non-hydrogen) atoms. The number of carbonyl (C=O) groups excluding carboxylic acids is 1. The van der Waals surface area contributed by atoms with Crippen LogP contribution in [0.15, 0.2) is 58.2 Å². The van der Waals surface area contributed by atoms with Gasteiger partial charge in [-0.1, -0.05) is 33.2 Å². The molecule has 0 N–H and O–H groups in total. The van der Waals surface area contributed by atoms with Crippen LogP contribution >= 0.6 is 15.9 Å². The summed E-state index contributed by atoms with van der Waals surface area (Å²) >= 11 is 3.33. The SMILES string of the molecule is COc1ccccc1C1=NO[C@H](COC(=O)c2ccc(Br)cc2)C1. The number of methoxy groups -OCH3 is 1. The number of oxime groups is 1. The second-order valence-corrected chi connectivity index (χ2v) is 6.19. The van der Waals surface area contributed by atoms with Crippen LogP contribution in [-0.2, 0) is 9.57 Å². The second kappa shape index (κ2) is 7.49. The van der Waals surface area contributed by atoms with Gasteiger partial charge in [0.25, 0.3) is 0 Å². The van der Waals surface area contributed by atoms with Crippen molar-refractivity contribution in [2.45, 2.75) is 12.5 Å². The molecular formula is C18H16BrNO4. The highest BCUT2D eigenvalue weighted by Gasteiger charge is 2.25. The van der Waals surface area contributed by atoms with Crippen LogP contribution in [-0.4, -0.2) is 31.5 Å². The summed E-state index contributed by atoms with van der Waals surface area (Å²) in [6, 6.07) is 14.6. The molecule has 124 valence electrons. The van der Waals surface area contributed by atoms with E-state index in [1.807, 2.05) is 24.3 Å². The van der Waals surface area contributed by atoms with Crippen molar-refractivity contribution in [2.24, 2.45) is 5.16 Å². The van der Waals surface area contributed by atoms with Crippen LogP contribution in [0, 0.1) is 0 Å². The Balaban J connectivity index is 1.56. The highest BCUT2D eigenvalue weighted by molar-refractivity contribution is 9.10. The van der Waals surface area contributed by atoms with E-state index in [2.05, 4.69) is 21.1 Å². The zero-order chi connectivity index (χ0) is 16.9. The number of nitrogens with zero attached hydrogens (tertiary/aromatic N) is 1. The van der Waals surface area contributed by atoms with Crippen molar-refractivity contribution in [3.8, 4) is 5.75 Å². The van der Waals surface area contributed by atoms with Crippen molar-refractivity contribution in [2.75, 3.05) is 13.7 Å². The molecule has 0 amide bonds. The van der Waals surface area contributed by atoms with Crippen LogP contribution < -0.4 is 4.74 Å². The van der Waals surface area contributed by atoms with Crippen molar-refractivity contribution in [1.82, 2.24) is 0 Å². The zero-order valence-electron chi connectivity index (χ0n) is 13.1. The molecule has 0 fully saturated rings. The molecule has 0 saturated heterocycles. The molecular weight excluding hydrogens is 374 g/mol. The van der Waals surface area contributed by atoms with Crippen LogP contribution in [0.1, 0.15) is 22.3 Å². The first-order chi connectivity index (χ1) is 11.7. The molecule has 5 nitrogen and oxygen atoms in total. The molecule has 1 atom stereocenters. The van der Waals surface area contributed by atoms with Gasteiger partial charge in [-0.3, -0.25) is 0 Å². The molecule has 6 heteroatoms. The van der Waals surface area contributed by atoms with Gasteiger partial charge in [0.05, 0.1) is 18.4 Å². The van der Waals surface area contributed by atoms with Crippen LogP contribution in [0.2, 0.25) is 0 Å². The highest BCUT2D eigenvalue weighted by atomic mass is 79.9. The fourth-order valence-corrected chi connectivity index (χ4v) is 2.66. The fourth-order valence-electron chi connectivity index (χ4n) is 2.40. The smallest absolute Gasteiger partial charge is 0.338 e. The van der Waals surface area contributed by atoms with Crippen LogP contribution in [0.25, 0.3) is 0 Å². The first-order valence-electron chi connectivity index (χ1n) is 7.46. The molecule has 0 saturated carbocycles. The molecule has 0 aromatic heterocycles. The Kier molecular flexibility index (Phi) is 5.15. The topological polar surface area (TPSA) is 57.1 Å². The minimum Gasteiger partial charge on any atom is -0.496 e. The number of hydrogen-bond donors (Lipinski definition) is 0. The maximum Gasteiger partial charge on any atom is 0.338 e. The number of para-hydroxylation sites is 1. The van der Waals surface area contributed by atoms with Crippen molar-refractivity contribution >= 4 is 27.6 Å². The normalized spacial score (nSPS) is 16.2. The molecule has 1 aliphatic rings. The summed E-state index contributed by atoms with van der Waals surface area (Å²) in [5, 5.41) is 4.10. The summed E-state index contributed by atoms with van der Waals surface area (Å²) in [5.41, 5.74) is 2.18. The average molecular weight is 390 g/mol. The van der Waals surface area contributed by atoms with E-state index in [0.717, 1.165) is 21.5 Å². The maximum atomic E-state index is 12.0. The predicted octanol–water partition coefficient (Wildman–Crippen LogP) is 3.81. The summed E-state index contributed by atoms with van der Waals surface area (Å²) in [4.78, 5) is 17.4. The summed E-state index contributed by atoms with van der Waals surface area (Å²) in [5.74, 6) is 0.365. The summed E-state index contributed by atoms with van der Waals surface area (Å²) in [7, 11) is 1.62. The molecule has 2 aromatic carbocycles. The number of benzene rings is 2. The van der Waals surface area contributed by atoms with Crippen LogP contribution in [0.4, 0.5) is 0 Å². The number of ether oxygens (including phenoxy) is 2. The number of rotatable bonds is 5. The van der Waals surface area contributed by atoms with Gasteiger partial charge in [-0.2, -0.15) is 0 Å². The van der Waals surface area contributed by atoms with E-state index >= 15 is 0 Å². The standard InChI is InChI=1S/C18H16BrNO4/c1-22-17-5-3-2-4-15(17)16-10-14(24-20-16)11-23-18(21)12-6-8-13(19)9-7-12/h2-9,14H,10-11H2,1H3/t14-/m0/s1. The molecule has 0 bridgehead atoms. The molecule has 0 unspecified atom stereocenters. The third kappa shape index (κ3) is 3.76. The number of esters is 1. The lowest BCUT2D eigenvalue weighted by Crippen LogP contribution is -2.19. The van der Waals surface area contributed by atoms with Gasteiger partial charge in [-0.25, -0.2) is 4.79 Å². The molecule has 0 spiro atoms. The number of hydrogen-bond acceptors (Lipinski definition) is 5. The van der Waals surface area contributed by atoms with Crippen LogP contribution in [0.5, 0.6) is 5.75 Å². The molecule has 1 aliphatic heterocycles. The van der Waals surface area contributed by atoms with Gasteiger partial charge in [-0.15, -0.1) is 0 Å². The molecule has 2 aromatic rings. The first-order valence-corrected chi connectivity index (χ1v) is 8.25. The van der Waals surface area contributed by atoms with Crippen molar-refractivity contribution in [1.29, 1.82) is 0 Å². The Morgan fingerprint density at radius 2 is 2.00 bits per heavy atom. The zero-order valence-corrected chi connectivity index (χ0v) is 14.7. The van der Waals surface area contributed by atoms with Gasteiger partial charge in [0, 0.05) is 16.5 Å². The van der Waals surface area contributed by atoms with E-state index in [9.17, 15) is 4.79 Å². The Hall–Kier alpha value is -2.34. The van der Waals surface area contributed by atoms with E-state index in [0.29, 0.717) is 12.0 Å². The Morgan fingerprint density at radius 3 is 2.75 bits per heavy atom. The quantitative estimate of drug-likeness (QED) is 0.729. The van der Waals surface area contributed by atoms with Gasteiger partial charge < -0.3 is 14.3 Å². The lowest BCUT2D eigenvalue weighted by atomic mass is 10.0. The predicted molar refractivity (Wildman–Crippen MR) is 93.4 cm³/mol. The summed E-state index contributed by atoms with van der Waals surface area (Å²) in [6.07, 6.45) is 0.276. The summed E-state index contributed by atoms with van der Waals surface area (Å²) < 4.78 is 11.6. The molecule has 1 heterocycles. The lowest BCUT2D eigenvalue weighted by molar-refractivity contribution is 0.00686. The highest BCUT2D eigenvalue weighted by Crippen LogP contribution is 2.24. The van der Waals surface area contributed by atoms with Crippen LogP contribution in [0.3, 0.4) is 0 Å². The van der Waals surface area contributed by atoms with Gasteiger partial charge in [0.15, 0.2) is 6.10 Å². The van der Waals surface area contributed by atoms with Gasteiger partial charge in [0.2, 0.25) is 0 Å². The lowest BCUT2D eigenvalue weighted by Gasteiger charge is -2.10. The van der Waals surface area contributed by atoms with E-state index in [1.165, 1.54) is 0 Å². The summed E-state index contributed by atoms with van der Waals surface area (Å²) in [6.45, 7) is 0.150. The molecule has 3 rings (SSSR count). The number of carbonyl (C=O) groups is 1. The van der Waals surface area contributed by atoms with Crippen molar-refractivity contribution in [3.63, 3.8) is 0 Å². The second-order valence-electron chi connectivity index (χ2n) is 5.28. The van der Waals surface area contributed by atoms with E-state index in [-0.39, 0.29) is 18.7 Å². The Morgan fingerprint density at radius 1 is 1.25 bits per heavy atom. The minimum absolute atomic E-state index is 0.150. The maximum absolute atomic E-state index is 12.0. The van der Waals surface area contributed by atoms with E-state index in [1.54, 1.807) is 31.4 Å². The van der Waals surface area contributed by atoms with E-state index < -0.39 is 0 Å². The van der Waals surface area contributed by atoms with Crippen molar-refractivity contribution in [3.05, 3.63) is 64.1 Å². The largest absolute Gasteiger partial charge is 0.496 e. The van der Waals surface area contributed by atoms with Crippen molar-refractivity contribution < 1.29 is 19.1 Å². The molecule has 0 radical (unpaired) electrons. The first kappa shape index (κ1) is 16.5. The Labute approximate surface area is 148 Å². The third-order valence-electron chi connectivity index (χ3n) is 3.63. The average Bonchev–Trinajstić information content (AvgIpc) is 3.09. The van der Waals surface area contributed by atoms with E-state index in [4.69, 9.17) is 14.3 Å². The minimum atomic E-state index is -0.378. The van der Waals surface area contributed by atoms with Gasteiger partial charge in [-0.05, 0) is 36.4 Å². The number of halogens is 1. The van der Waals surface area contributed by atoms with Gasteiger partial charge >= 0.3 is 5.97 Å². The fraction of sp³-hybridized carbons (Fsp3) is 0.222. The molecule has 0 aliphatic carbocycles.